The van der Waals surface area contributed by atoms with E-state index < -0.39 is 0 Å². The summed E-state index contributed by atoms with van der Waals surface area (Å²) in [6.45, 7) is 71.1. The molecule has 0 aliphatic rings. The number of pyridine rings is 3. The Morgan fingerprint density at radius 1 is 0.167 bits per heavy atom. The van der Waals surface area contributed by atoms with Crippen molar-refractivity contribution < 1.29 is 0 Å². The molecule has 24 nitrogen and oxygen atoms in total. The van der Waals surface area contributed by atoms with Crippen LogP contribution in [0.3, 0.4) is 0 Å². The molecule has 0 fully saturated rings. The molecular weight excluding hydrogens is 1350 g/mol. The predicted octanol–water partition coefficient (Wildman–Crippen LogP) is 21.7. The molecule has 24 heteroatoms. The molecular formula is C84H144N24. The summed E-state index contributed by atoms with van der Waals surface area (Å²) in [5, 5.41) is 28.8. The first-order chi connectivity index (χ1) is 52.7. The summed E-state index contributed by atoms with van der Waals surface area (Å²) in [4.78, 5) is 61.1. The first-order valence-corrected chi connectivity index (χ1v) is 37.5. The van der Waals surface area contributed by atoms with E-state index in [1.807, 2.05) is 315 Å². The Labute approximate surface area is 656 Å². The molecule has 0 amide bonds. The maximum Gasteiger partial charge on any atom is 0.147 e. The van der Waals surface area contributed by atoms with Crippen LogP contribution < -0.4 is 0 Å². The van der Waals surface area contributed by atoms with Crippen LogP contribution in [-0.2, 0) is 0 Å². The van der Waals surface area contributed by atoms with E-state index in [0.717, 1.165) is 51.2 Å². The van der Waals surface area contributed by atoms with Crippen molar-refractivity contribution in [1.29, 1.82) is 0 Å². The van der Waals surface area contributed by atoms with E-state index in [9.17, 15) is 0 Å². The Bertz CT molecular complexity index is 2450. The van der Waals surface area contributed by atoms with Crippen LogP contribution in [-0.4, -0.2) is 121 Å². The highest BCUT2D eigenvalue weighted by Gasteiger charge is 1.82. The Morgan fingerprint density at radius 2 is 0.593 bits per heavy atom. The molecule has 0 N–H and O–H groups in total. The van der Waals surface area contributed by atoms with Gasteiger partial charge in [0.05, 0.1) is 35.7 Å². The lowest BCUT2D eigenvalue weighted by molar-refractivity contribution is 0.907. The summed E-state index contributed by atoms with van der Waals surface area (Å²) in [6, 6.07) is 23.1. The van der Waals surface area contributed by atoms with Crippen molar-refractivity contribution in [3.63, 3.8) is 0 Å². The van der Waals surface area contributed by atoms with Crippen molar-refractivity contribution in [2.75, 3.05) is 0 Å². The molecule has 0 saturated carbocycles. The van der Waals surface area contributed by atoms with Gasteiger partial charge in [0.25, 0.3) is 0 Å². The van der Waals surface area contributed by atoms with E-state index in [2.05, 4.69) is 121 Å². The molecule has 12 heterocycles. The third kappa shape index (κ3) is 116. The third-order valence-electron chi connectivity index (χ3n) is 8.56. The Kier molecular flexibility index (Phi) is 137. The fourth-order valence-corrected chi connectivity index (χ4v) is 4.44. The van der Waals surface area contributed by atoms with E-state index in [-0.39, 0.29) is 0 Å². The number of aryl methyl sites for hydroxylation is 12. The van der Waals surface area contributed by atoms with Crippen LogP contribution in [0.25, 0.3) is 0 Å². The Hall–Kier alpha value is -11.0. The summed E-state index contributed by atoms with van der Waals surface area (Å²) in [5.41, 5.74) is 9.62. The molecule has 0 aromatic carbocycles. The normalized spacial score (nSPS) is 7.44. The molecule has 0 unspecified atom stereocenters. The van der Waals surface area contributed by atoms with Gasteiger partial charge in [0.1, 0.15) is 49.1 Å². The maximum atomic E-state index is 3.98. The molecule has 12 rings (SSSR count). The molecule has 0 radical (unpaired) electrons. The SMILES string of the molecule is CC.CC.CC.CC.CC.CC.CC.CC.CC.CC.CC.CC.Cc1ccccn1.Cc1cccnc1.Cc1cccnn1.Cc1ccncc1.Cc1ccncn1.Cc1ccnnc1.Cc1cnccn1.Cc1cncnc1.Cc1cnncn1.Cc1ncccn1.Cc1nccnn1.Cc1ncncn1. The maximum absolute atomic E-state index is 3.98. The van der Waals surface area contributed by atoms with Gasteiger partial charge in [-0.15, -0.1) is 10.2 Å². The summed E-state index contributed by atoms with van der Waals surface area (Å²) >= 11 is 0. The Balaban J connectivity index is -0.0000000907. The van der Waals surface area contributed by atoms with Gasteiger partial charge >= 0.3 is 0 Å². The molecule has 12 aromatic heterocycles. The highest BCUT2D eigenvalue weighted by molar-refractivity contribution is 5.06. The van der Waals surface area contributed by atoms with Gasteiger partial charge in [-0.2, -0.15) is 30.6 Å². The van der Waals surface area contributed by atoms with Gasteiger partial charge < -0.3 is 0 Å². The Morgan fingerprint density at radius 3 is 0.815 bits per heavy atom. The minimum Gasteiger partial charge on any atom is -0.265 e. The van der Waals surface area contributed by atoms with Gasteiger partial charge in [0, 0.05) is 111 Å². The van der Waals surface area contributed by atoms with Crippen molar-refractivity contribution in [2.45, 2.75) is 249 Å². The number of hydrogen-bond donors (Lipinski definition) is 0. The first kappa shape index (κ1) is 124. The van der Waals surface area contributed by atoms with Crippen LogP contribution in [0.15, 0.2) is 222 Å². The summed E-state index contributed by atoms with van der Waals surface area (Å²) < 4.78 is 0. The summed E-state index contributed by atoms with van der Waals surface area (Å²) in [7, 11) is 0. The topological polar surface area (TPSA) is 309 Å². The lowest BCUT2D eigenvalue weighted by atomic mass is 10.3. The highest BCUT2D eigenvalue weighted by Crippen LogP contribution is 1.91. The van der Waals surface area contributed by atoms with Crippen LogP contribution in [0.1, 0.15) is 234 Å². The highest BCUT2D eigenvalue weighted by atomic mass is 15.1. The largest absolute Gasteiger partial charge is 0.265 e. The van der Waals surface area contributed by atoms with Gasteiger partial charge in [-0.25, -0.2) is 54.8 Å². The molecule has 0 atom stereocenters. The first-order valence-electron chi connectivity index (χ1n) is 37.5. The average molecular weight is 1490 g/mol. The lowest BCUT2D eigenvalue weighted by Crippen LogP contribution is -1.85. The fraction of sp³-hybridized carbons (Fsp3) is 0.429. The molecule has 0 aliphatic heterocycles. The average Bonchev–Trinajstić information content (AvgIpc) is 3.97. The fourth-order valence-electron chi connectivity index (χ4n) is 4.44. The zero-order chi connectivity index (χ0) is 85.4. The molecule has 0 aliphatic carbocycles. The minimum atomic E-state index is 0.711. The van der Waals surface area contributed by atoms with Gasteiger partial charge in [0.15, 0.2) is 0 Å². The minimum absolute atomic E-state index is 0.711. The lowest BCUT2D eigenvalue weighted by Gasteiger charge is -1.82. The van der Waals surface area contributed by atoms with E-state index in [1.165, 1.54) is 42.8 Å². The van der Waals surface area contributed by atoms with Crippen molar-refractivity contribution in [2.24, 2.45) is 0 Å². The molecule has 600 valence electrons. The molecule has 108 heavy (non-hydrogen) atoms. The molecule has 0 bridgehead atoms. The molecule has 0 saturated heterocycles. The number of hydrogen-bond acceptors (Lipinski definition) is 24. The van der Waals surface area contributed by atoms with Crippen LogP contribution >= 0.6 is 0 Å². The van der Waals surface area contributed by atoms with Gasteiger partial charge in [0.2, 0.25) is 0 Å². The van der Waals surface area contributed by atoms with E-state index in [1.54, 1.807) is 125 Å². The van der Waals surface area contributed by atoms with E-state index in [4.69, 9.17) is 0 Å². The zero-order valence-corrected chi connectivity index (χ0v) is 73.5. The summed E-state index contributed by atoms with van der Waals surface area (Å²) in [6.07, 6.45) is 40.0. The smallest absolute Gasteiger partial charge is 0.147 e. The van der Waals surface area contributed by atoms with Crippen LogP contribution in [0.4, 0.5) is 0 Å². The predicted molar refractivity (Wildman–Crippen MR) is 457 cm³/mol. The van der Waals surface area contributed by atoms with E-state index >= 15 is 0 Å². The van der Waals surface area contributed by atoms with Crippen LogP contribution in [0, 0.1) is 83.1 Å². The third-order valence-corrected chi connectivity index (χ3v) is 8.56. The van der Waals surface area contributed by atoms with Gasteiger partial charge in [-0.3, -0.25) is 24.9 Å². The second kappa shape index (κ2) is 120. The number of nitrogens with zero attached hydrogens (tertiary/aromatic N) is 24. The zero-order valence-electron chi connectivity index (χ0n) is 73.5. The second-order valence-electron chi connectivity index (χ2n) is 16.3. The van der Waals surface area contributed by atoms with Crippen molar-refractivity contribution >= 4 is 0 Å². The standard InChI is InChI=1S/3C6H7N.6C5H6N2.3C4H5N3.12C2H6/c1-6-2-4-7-5-3-6;1-6-3-2-4-7-5-6;1-6-4-2-3-5-7-6;1-5-2-6-4-7-3-5;1-5-4-6-2-3-7-5;1-5-2-3-6-4-7-5;1-5-2-3-6-7-4-5;1-5-6-3-2-4-7-5;1-5-3-2-4-6-7-5;1-4-6-2-5-3-7-4;1-4-2-6-7-3-5-4;1-4-5-2-3-6-7-4;12*1-2/h3*2-5H,1H3;6*2-4H,1H3;3*2-3H,1H3;12*1-2H3. The molecule has 12 aromatic rings. The van der Waals surface area contributed by atoms with Gasteiger partial charge in [-0.1, -0.05) is 178 Å². The number of rotatable bonds is 0. The quantitative estimate of drug-likeness (QED) is 0.136. The monoisotopic (exact) mass is 1490 g/mol. The van der Waals surface area contributed by atoms with Crippen molar-refractivity contribution in [3.05, 3.63) is 290 Å². The number of aromatic nitrogens is 24. The van der Waals surface area contributed by atoms with Crippen molar-refractivity contribution in [3.8, 4) is 0 Å². The van der Waals surface area contributed by atoms with Crippen LogP contribution in [0.5, 0.6) is 0 Å². The van der Waals surface area contributed by atoms with E-state index in [0.29, 0.717) is 5.82 Å². The summed E-state index contributed by atoms with van der Waals surface area (Å²) in [5.74, 6) is 2.29. The molecule has 0 spiro atoms. The second-order valence-corrected chi connectivity index (χ2v) is 16.3. The van der Waals surface area contributed by atoms with Crippen molar-refractivity contribution in [1.82, 2.24) is 121 Å². The van der Waals surface area contributed by atoms with Gasteiger partial charge in [-0.05, 0) is 166 Å². The van der Waals surface area contributed by atoms with Crippen LogP contribution in [0.2, 0.25) is 0 Å².